The summed E-state index contributed by atoms with van der Waals surface area (Å²) in [6.07, 6.45) is 4.63. The average molecular weight is 319 g/mol. The van der Waals surface area contributed by atoms with Crippen LogP contribution in [-0.4, -0.2) is 66.0 Å². The first-order chi connectivity index (χ1) is 11.1. The number of carbonyl (C=O) groups is 2. The molecular formula is C17H25N3O3. The molecule has 0 radical (unpaired) electrons. The lowest BCUT2D eigenvalue weighted by atomic mass is 10.1. The largest absolute Gasteiger partial charge is 0.469 e. The first kappa shape index (κ1) is 16.1. The van der Waals surface area contributed by atoms with Crippen molar-refractivity contribution in [1.82, 2.24) is 14.8 Å². The van der Waals surface area contributed by atoms with Gasteiger partial charge in [-0.25, -0.2) is 0 Å². The molecule has 126 valence electrons. The van der Waals surface area contributed by atoms with Gasteiger partial charge in [0.15, 0.2) is 0 Å². The van der Waals surface area contributed by atoms with E-state index in [4.69, 9.17) is 4.74 Å². The normalized spacial score (nSPS) is 22.2. The number of carbonyl (C=O) groups excluding carboxylic acids is 2. The predicted molar refractivity (Wildman–Crippen MR) is 86.3 cm³/mol. The van der Waals surface area contributed by atoms with Crippen LogP contribution >= 0.6 is 0 Å². The van der Waals surface area contributed by atoms with Gasteiger partial charge in [0.1, 0.15) is 0 Å². The van der Waals surface area contributed by atoms with Crippen molar-refractivity contribution in [2.24, 2.45) is 0 Å². The highest BCUT2D eigenvalue weighted by molar-refractivity contribution is 5.95. The molecule has 2 fully saturated rings. The van der Waals surface area contributed by atoms with E-state index in [1.165, 1.54) is 20.0 Å². The third-order valence-electron chi connectivity index (χ3n) is 4.88. The summed E-state index contributed by atoms with van der Waals surface area (Å²) in [7, 11) is 1.41. The van der Waals surface area contributed by atoms with Crippen molar-refractivity contribution in [3.8, 4) is 0 Å². The molecule has 2 heterocycles. The quantitative estimate of drug-likeness (QED) is 0.837. The average Bonchev–Trinajstić information content (AvgIpc) is 3.29. The molecule has 6 nitrogen and oxygen atoms in total. The molecule has 3 rings (SSSR count). The van der Waals surface area contributed by atoms with Crippen molar-refractivity contribution < 1.29 is 14.3 Å². The first-order valence-electron chi connectivity index (χ1n) is 8.37. The van der Waals surface area contributed by atoms with Gasteiger partial charge in [-0.3, -0.25) is 14.5 Å². The minimum atomic E-state index is -0.183. The summed E-state index contributed by atoms with van der Waals surface area (Å²) in [5.74, 6) is 0.493. The van der Waals surface area contributed by atoms with Gasteiger partial charge in [-0.05, 0) is 31.7 Å². The Bertz CT molecular complexity index is 579. The number of aromatic amines is 1. The molecule has 23 heavy (non-hydrogen) atoms. The van der Waals surface area contributed by atoms with Crippen molar-refractivity contribution in [2.45, 2.75) is 38.1 Å². The highest BCUT2D eigenvalue weighted by Crippen LogP contribution is 2.41. The standard InChI is InChI=1S/C17H25N3O3/c1-12-11-20(10-9-19(12)8-6-15(21)23-2)17(22)14-5-7-18-16(14)13-3-4-13/h5,7,12-13,18H,3-4,6,8-11H2,1-2H3. The maximum Gasteiger partial charge on any atom is 0.306 e. The summed E-state index contributed by atoms with van der Waals surface area (Å²) in [6.45, 7) is 5.00. The summed E-state index contributed by atoms with van der Waals surface area (Å²) in [6, 6.07) is 2.16. The molecular weight excluding hydrogens is 294 g/mol. The third-order valence-corrected chi connectivity index (χ3v) is 4.88. The zero-order chi connectivity index (χ0) is 16.4. The topological polar surface area (TPSA) is 65.6 Å². The molecule has 0 bridgehead atoms. The van der Waals surface area contributed by atoms with Gasteiger partial charge in [0.05, 0.1) is 19.1 Å². The van der Waals surface area contributed by atoms with Crippen molar-refractivity contribution in [3.05, 3.63) is 23.5 Å². The summed E-state index contributed by atoms with van der Waals surface area (Å²) in [5.41, 5.74) is 1.94. The number of rotatable bonds is 5. The van der Waals surface area contributed by atoms with Gasteiger partial charge in [0, 0.05) is 44.1 Å². The van der Waals surface area contributed by atoms with Gasteiger partial charge in [0.2, 0.25) is 0 Å². The number of ether oxygens (including phenoxy) is 1. The van der Waals surface area contributed by atoms with Crippen molar-refractivity contribution in [1.29, 1.82) is 0 Å². The molecule has 0 spiro atoms. The highest BCUT2D eigenvalue weighted by Gasteiger charge is 2.33. The van der Waals surface area contributed by atoms with E-state index < -0.39 is 0 Å². The minimum Gasteiger partial charge on any atom is -0.469 e. The fourth-order valence-corrected chi connectivity index (χ4v) is 3.30. The molecule has 1 atom stereocenters. The molecule has 0 aromatic carbocycles. The van der Waals surface area contributed by atoms with E-state index >= 15 is 0 Å². The first-order valence-corrected chi connectivity index (χ1v) is 8.37. The molecule has 1 N–H and O–H groups in total. The Balaban J connectivity index is 1.57. The molecule has 2 aliphatic rings. The number of piperazine rings is 1. The van der Waals surface area contributed by atoms with Crippen molar-refractivity contribution >= 4 is 11.9 Å². The van der Waals surface area contributed by atoms with Gasteiger partial charge in [-0.15, -0.1) is 0 Å². The van der Waals surface area contributed by atoms with E-state index in [2.05, 4.69) is 16.8 Å². The van der Waals surface area contributed by atoms with E-state index in [0.717, 1.165) is 17.8 Å². The lowest BCUT2D eigenvalue weighted by Gasteiger charge is -2.39. The van der Waals surface area contributed by atoms with Gasteiger partial charge in [-0.1, -0.05) is 0 Å². The molecule has 1 amide bonds. The summed E-state index contributed by atoms with van der Waals surface area (Å²) in [5, 5.41) is 0. The lowest BCUT2D eigenvalue weighted by Crippen LogP contribution is -2.54. The zero-order valence-electron chi connectivity index (χ0n) is 13.9. The minimum absolute atomic E-state index is 0.132. The van der Waals surface area contributed by atoms with Crippen molar-refractivity contribution in [2.75, 3.05) is 33.3 Å². The van der Waals surface area contributed by atoms with Gasteiger partial charge in [0.25, 0.3) is 5.91 Å². The van der Waals surface area contributed by atoms with Crippen LogP contribution in [0.1, 0.15) is 48.2 Å². The summed E-state index contributed by atoms with van der Waals surface area (Å²) < 4.78 is 4.69. The highest BCUT2D eigenvalue weighted by atomic mass is 16.5. The molecule has 1 saturated carbocycles. The number of hydrogen-bond acceptors (Lipinski definition) is 4. The Kier molecular flexibility index (Phi) is 4.71. The van der Waals surface area contributed by atoms with Crippen molar-refractivity contribution in [3.63, 3.8) is 0 Å². The van der Waals surface area contributed by atoms with Crippen LogP contribution in [0.15, 0.2) is 12.3 Å². The smallest absolute Gasteiger partial charge is 0.306 e. The van der Waals surface area contributed by atoms with E-state index in [0.29, 0.717) is 32.0 Å². The second-order valence-corrected chi connectivity index (χ2v) is 6.54. The fraction of sp³-hybridized carbons (Fsp3) is 0.647. The molecule has 1 aliphatic heterocycles. The summed E-state index contributed by atoms with van der Waals surface area (Å²) >= 11 is 0. The molecule has 1 aliphatic carbocycles. The Morgan fingerprint density at radius 1 is 1.35 bits per heavy atom. The fourth-order valence-electron chi connectivity index (χ4n) is 3.30. The monoisotopic (exact) mass is 319 g/mol. The number of amides is 1. The van der Waals surface area contributed by atoms with Crippen LogP contribution in [0.25, 0.3) is 0 Å². The number of methoxy groups -OCH3 is 1. The number of hydrogen-bond donors (Lipinski definition) is 1. The molecule has 1 unspecified atom stereocenters. The number of nitrogens with zero attached hydrogens (tertiary/aromatic N) is 2. The molecule has 6 heteroatoms. The van der Waals surface area contributed by atoms with Crippen LogP contribution in [0.3, 0.4) is 0 Å². The third kappa shape index (κ3) is 3.58. The SMILES string of the molecule is COC(=O)CCN1CCN(C(=O)c2cc[nH]c2C2CC2)CC1C. The van der Waals surface area contributed by atoms with Crippen LogP contribution in [0.4, 0.5) is 0 Å². The second kappa shape index (κ2) is 6.74. The number of H-pyrrole nitrogens is 1. The van der Waals surface area contributed by atoms with Gasteiger partial charge < -0.3 is 14.6 Å². The Hall–Kier alpha value is -1.82. The van der Waals surface area contributed by atoms with E-state index in [1.54, 1.807) is 0 Å². The molecule has 1 aromatic heterocycles. The van der Waals surface area contributed by atoms with Crippen LogP contribution in [0.5, 0.6) is 0 Å². The Labute approximate surface area is 136 Å². The van der Waals surface area contributed by atoms with Crippen LogP contribution in [0, 0.1) is 0 Å². The molecule has 1 saturated heterocycles. The van der Waals surface area contributed by atoms with E-state index in [-0.39, 0.29) is 17.9 Å². The van der Waals surface area contributed by atoms with Crippen LogP contribution in [-0.2, 0) is 9.53 Å². The maximum absolute atomic E-state index is 12.8. The predicted octanol–water partition coefficient (Wildman–Crippen LogP) is 1.60. The van der Waals surface area contributed by atoms with E-state index in [9.17, 15) is 9.59 Å². The Morgan fingerprint density at radius 3 is 2.78 bits per heavy atom. The lowest BCUT2D eigenvalue weighted by molar-refractivity contribution is -0.141. The number of esters is 1. The van der Waals surface area contributed by atoms with Gasteiger partial charge >= 0.3 is 5.97 Å². The zero-order valence-corrected chi connectivity index (χ0v) is 13.9. The molecule has 1 aromatic rings. The number of aromatic nitrogens is 1. The second-order valence-electron chi connectivity index (χ2n) is 6.54. The van der Waals surface area contributed by atoms with Crippen LogP contribution in [0.2, 0.25) is 0 Å². The maximum atomic E-state index is 12.8. The van der Waals surface area contributed by atoms with Gasteiger partial charge in [-0.2, -0.15) is 0 Å². The number of nitrogens with one attached hydrogen (secondary N) is 1. The Morgan fingerprint density at radius 2 is 2.13 bits per heavy atom. The summed E-state index contributed by atoms with van der Waals surface area (Å²) in [4.78, 5) is 31.5. The van der Waals surface area contributed by atoms with Crippen LogP contribution < -0.4 is 0 Å². The van der Waals surface area contributed by atoms with E-state index in [1.807, 2.05) is 17.2 Å².